The number of rotatable bonds is 9. The van der Waals surface area contributed by atoms with Crippen molar-refractivity contribution in [1.82, 2.24) is 19.9 Å². The quantitative estimate of drug-likeness (QED) is 0.216. The molecule has 10 heteroatoms. The molecule has 3 fully saturated rings. The smallest absolute Gasteiger partial charge is 0.319 e. The van der Waals surface area contributed by atoms with Crippen LogP contribution in [0.3, 0.4) is 0 Å². The Balaban J connectivity index is 1.25. The predicted molar refractivity (Wildman–Crippen MR) is 166 cm³/mol. The number of nitrogens with zero attached hydrogens (tertiary/aromatic N) is 5. The van der Waals surface area contributed by atoms with Crippen molar-refractivity contribution in [2.75, 3.05) is 58.5 Å². The Morgan fingerprint density at radius 2 is 1.79 bits per heavy atom. The van der Waals surface area contributed by atoms with Gasteiger partial charge in [0, 0.05) is 55.0 Å². The van der Waals surface area contributed by atoms with E-state index < -0.39 is 5.82 Å². The zero-order chi connectivity index (χ0) is 29.5. The number of methoxy groups -OCH3 is 1. The van der Waals surface area contributed by atoms with Crippen molar-refractivity contribution >= 4 is 39.1 Å². The Labute approximate surface area is 256 Å². The maximum absolute atomic E-state index is 16.6. The standard InChI is InChI=1S/C33H37ClFN5O3/c1-39-18-24(42-12-11-41-2)14-23(39)19-43-33-37-31-26(32(38-33)40-16-20-9-10-21(13-20)17-40)15-36-30(29(31)35)25-7-3-5-22-6-4-8-27(34)28(22)25/h3-8,15,20-21,23-24H,9-14,16-19H2,1-2H3/t20?,21?,23-,24+/m0/s1. The third-order valence-electron chi connectivity index (χ3n) is 9.35. The van der Waals surface area contributed by atoms with Crippen LogP contribution in [0, 0.1) is 17.7 Å². The highest BCUT2D eigenvalue weighted by atomic mass is 35.5. The number of piperidine rings is 1. The van der Waals surface area contributed by atoms with Crippen molar-refractivity contribution in [3.05, 3.63) is 53.4 Å². The van der Waals surface area contributed by atoms with Gasteiger partial charge in [0.25, 0.3) is 0 Å². The molecule has 2 aromatic heterocycles. The summed E-state index contributed by atoms with van der Waals surface area (Å²) in [4.78, 5) is 18.7. The Bertz CT molecular complexity index is 1620. The van der Waals surface area contributed by atoms with E-state index in [1.807, 2.05) is 36.4 Å². The van der Waals surface area contributed by atoms with Crippen LogP contribution in [-0.4, -0.2) is 85.6 Å². The molecule has 2 aliphatic heterocycles. The first-order valence-electron chi connectivity index (χ1n) is 15.2. The van der Waals surface area contributed by atoms with Crippen LogP contribution >= 0.6 is 11.6 Å². The summed E-state index contributed by atoms with van der Waals surface area (Å²) in [5, 5.41) is 2.84. The van der Waals surface area contributed by atoms with Gasteiger partial charge in [-0.15, -0.1) is 0 Å². The second-order valence-electron chi connectivity index (χ2n) is 12.2. The lowest BCUT2D eigenvalue weighted by Gasteiger charge is -2.33. The maximum Gasteiger partial charge on any atom is 0.319 e. The first kappa shape index (κ1) is 28.6. The average molecular weight is 606 g/mol. The van der Waals surface area contributed by atoms with Crippen molar-refractivity contribution in [2.45, 2.75) is 37.8 Å². The summed E-state index contributed by atoms with van der Waals surface area (Å²) in [6, 6.07) is 11.7. The van der Waals surface area contributed by atoms with Crippen molar-refractivity contribution in [1.29, 1.82) is 0 Å². The molecule has 2 aromatic carbocycles. The Kier molecular flexibility index (Phi) is 8.07. The van der Waals surface area contributed by atoms with Gasteiger partial charge in [-0.1, -0.05) is 41.9 Å². The molecule has 2 unspecified atom stereocenters. The fraction of sp³-hybridized carbons (Fsp3) is 0.485. The number of likely N-dealkylation sites (tertiary alicyclic amines) is 1. The fourth-order valence-electron chi connectivity index (χ4n) is 7.20. The van der Waals surface area contributed by atoms with Crippen LogP contribution in [0.25, 0.3) is 32.9 Å². The molecule has 8 nitrogen and oxygen atoms in total. The molecule has 3 aliphatic rings. The van der Waals surface area contributed by atoms with Gasteiger partial charge in [0.1, 0.15) is 23.6 Å². The number of fused-ring (bicyclic) bond motifs is 4. The maximum atomic E-state index is 16.6. The SMILES string of the molecule is COCCO[C@@H]1C[C@@H](COc2nc(N3CC4CCC(C4)C3)c3cnc(-c4cccc5cccc(Cl)c45)c(F)c3n2)N(C)C1. The summed E-state index contributed by atoms with van der Waals surface area (Å²) in [7, 11) is 3.74. The van der Waals surface area contributed by atoms with Crippen LogP contribution < -0.4 is 9.64 Å². The number of halogens is 2. The summed E-state index contributed by atoms with van der Waals surface area (Å²) in [6.07, 6.45) is 6.38. The first-order chi connectivity index (χ1) is 21.0. The topological polar surface area (TPSA) is 72.8 Å². The van der Waals surface area contributed by atoms with Crippen molar-refractivity contribution in [3.8, 4) is 17.3 Å². The van der Waals surface area contributed by atoms with Crippen LogP contribution in [0.2, 0.25) is 5.02 Å². The molecule has 0 spiro atoms. The summed E-state index contributed by atoms with van der Waals surface area (Å²) in [5.41, 5.74) is 1.06. The summed E-state index contributed by atoms with van der Waals surface area (Å²) in [6.45, 7) is 4.13. The minimum Gasteiger partial charge on any atom is -0.462 e. The van der Waals surface area contributed by atoms with Gasteiger partial charge in [-0.2, -0.15) is 9.97 Å². The van der Waals surface area contributed by atoms with Crippen LogP contribution in [0.5, 0.6) is 6.01 Å². The normalized spacial score (nSPS) is 24.0. The lowest BCUT2D eigenvalue weighted by molar-refractivity contribution is 0.0229. The van der Waals surface area contributed by atoms with Gasteiger partial charge in [-0.25, -0.2) is 4.39 Å². The number of benzene rings is 2. The first-order valence-corrected chi connectivity index (χ1v) is 15.6. The van der Waals surface area contributed by atoms with Gasteiger partial charge < -0.3 is 19.1 Å². The summed E-state index contributed by atoms with van der Waals surface area (Å²) < 4.78 is 33.9. The van der Waals surface area contributed by atoms with Gasteiger partial charge in [0.2, 0.25) is 0 Å². The molecule has 7 rings (SSSR count). The van der Waals surface area contributed by atoms with Crippen molar-refractivity contribution < 1.29 is 18.6 Å². The van der Waals surface area contributed by atoms with Crippen molar-refractivity contribution in [3.63, 3.8) is 0 Å². The van der Waals surface area contributed by atoms with Gasteiger partial charge in [0.05, 0.1) is 24.7 Å². The van der Waals surface area contributed by atoms with E-state index in [0.29, 0.717) is 53.4 Å². The van der Waals surface area contributed by atoms with E-state index in [4.69, 9.17) is 30.8 Å². The van der Waals surface area contributed by atoms with Gasteiger partial charge in [-0.05, 0) is 56.0 Å². The third kappa shape index (κ3) is 5.64. The minimum atomic E-state index is -0.497. The molecule has 4 aromatic rings. The molecule has 0 amide bonds. The van der Waals surface area contributed by atoms with Gasteiger partial charge >= 0.3 is 6.01 Å². The molecule has 4 atom stereocenters. The monoisotopic (exact) mass is 605 g/mol. The number of anilines is 1. The van der Waals surface area contributed by atoms with E-state index in [9.17, 15) is 0 Å². The molecule has 0 radical (unpaired) electrons. The lowest BCUT2D eigenvalue weighted by atomic mass is 9.98. The van der Waals surface area contributed by atoms with E-state index in [-0.39, 0.29) is 29.4 Å². The van der Waals surface area contributed by atoms with Crippen LogP contribution in [0.1, 0.15) is 25.7 Å². The molecule has 2 saturated heterocycles. The highest BCUT2D eigenvalue weighted by Gasteiger charge is 2.35. The predicted octanol–water partition coefficient (Wildman–Crippen LogP) is 5.99. The highest BCUT2D eigenvalue weighted by molar-refractivity contribution is 6.36. The summed E-state index contributed by atoms with van der Waals surface area (Å²) in [5.74, 6) is 1.46. The molecular weight excluding hydrogens is 569 g/mol. The number of ether oxygens (including phenoxy) is 3. The zero-order valence-corrected chi connectivity index (χ0v) is 25.4. The second-order valence-corrected chi connectivity index (χ2v) is 12.6. The Hall–Kier alpha value is -3.11. The largest absolute Gasteiger partial charge is 0.462 e. The Morgan fingerprint density at radius 1 is 1.00 bits per heavy atom. The van der Waals surface area contributed by atoms with E-state index in [1.54, 1.807) is 13.3 Å². The van der Waals surface area contributed by atoms with E-state index in [0.717, 1.165) is 36.8 Å². The van der Waals surface area contributed by atoms with Crippen molar-refractivity contribution in [2.24, 2.45) is 11.8 Å². The Morgan fingerprint density at radius 3 is 2.58 bits per heavy atom. The minimum absolute atomic E-state index is 0.115. The number of hydrogen-bond acceptors (Lipinski definition) is 8. The zero-order valence-electron chi connectivity index (χ0n) is 24.6. The average Bonchev–Trinajstić information content (AvgIpc) is 3.55. The van der Waals surface area contributed by atoms with E-state index >= 15 is 4.39 Å². The fourth-order valence-corrected chi connectivity index (χ4v) is 7.49. The third-order valence-corrected chi connectivity index (χ3v) is 9.67. The summed E-state index contributed by atoms with van der Waals surface area (Å²) >= 11 is 6.61. The molecule has 226 valence electrons. The molecule has 4 heterocycles. The van der Waals surface area contributed by atoms with Gasteiger partial charge in [0.15, 0.2) is 5.82 Å². The number of pyridine rings is 1. The van der Waals surface area contributed by atoms with Gasteiger partial charge in [-0.3, -0.25) is 9.88 Å². The number of hydrogen-bond donors (Lipinski definition) is 0. The molecule has 0 N–H and O–H groups in total. The molecule has 1 saturated carbocycles. The highest BCUT2D eigenvalue weighted by Crippen LogP contribution is 2.41. The lowest BCUT2D eigenvalue weighted by Crippen LogP contribution is -2.37. The van der Waals surface area contributed by atoms with Crippen LogP contribution in [0.4, 0.5) is 10.2 Å². The molecule has 1 aliphatic carbocycles. The van der Waals surface area contributed by atoms with Crippen LogP contribution in [0.15, 0.2) is 42.6 Å². The number of likely N-dealkylation sites (N-methyl/N-ethyl adjacent to an activating group) is 1. The van der Waals surface area contributed by atoms with E-state index in [2.05, 4.69) is 26.8 Å². The number of aromatic nitrogens is 3. The molecule has 43 heavy (non-hydrogen) atoms. The van der Waals surface area contributed by atoms with E-state index in [1.165, 1.54) is 19.3 Å². The van der Waals surface area contributed by atoms with Crippen LogP contribution in [-0.2, 0) is 9.47 Å². The second kappa shape index (κ2) is 12.1. The molecular formula is C33H37ClFN5O3. The molecule has 2 bridgehead atoms.